The van der Waals surface area contributed by atoms with Crippen LogP contribution in [-0.4, -0.2) is 67.4 Å². The van der Waals surface area contributed by atoms with Gasteiger partial charge in [-0.25, -0.2) is 14.6 Å². The molecule has 2 aliphatic rings. The molecule has 0 saturated heterocycles. The number of ether oxygens (including phenoxy) is 4. The van der Waals surface area contributed by atoms with Crippen molar-refractivity contribution in [3.63, 3.8) is 0 Å². The van der Waals surface area contributed by atoms with E-state index in [0.717, 1.165) is 0 Å². The number of hydrogen-bond donors (Lipinski definition) is 1. The van der Waals surface area contributed by atoms with E-state index in [9.17, 15) is 14.4 Å². The second-order valence-corrected chi connectivity index (χ2v) is 10.1. The fourth-order valence-corrected chi connectivity index (χ4v) is 4.63. The number of rotatable bonds is 6. The Labute approximate surface area is 212 Å². The van der Waals surface area contributed by atoms with E-state index in [0.29, 0.717) is 29.7 Å². The monoisotopic (exact) mass is 503 g/mol. The summed E-state index contributed by atoms with van der Waals surface area (Å²) in [6, 6.07) is 4.36. The Kier molecular flexibility index (Phi) is 8.28. The number of amides is 2. The van der Waals surface area contributed by atoms with Gasteiger partial charge in [-0.2, -0.15) is 0 Å². The largest absolute Gasteiger partial charge is 0.493 e. The van der Waals surface area contributed by atoms with Crippen LogP contribution >= 0.6 is 0 Å². The summed E-state index contributed by atoms with van der Waals surface area (Å²) < 4.78 is 21.8. The number of hydrogen-bond acceptors (Lipinski definition) is 8. The zero-order chi connectivity index (χ0) is 26.7. The molecule has 0 fully saturated rings. The summed E-state index contributed by atoms with van der Waals surface area (Å²) in [4.78, 5) is 45.3. The SMILES string of the molecule is CCC1(CC)CC(=O)N([C@H]2c3cc(C(=O)OC)ccc3OC[C@H]2COC)C(NC(=O)OC(C)(C)C)=N1. The molecule has 0 spiro atoms. The third kappa shape index (κ3) is 5.80. The Morgan fingerprint density at radius 3 is 2.50 bits per heavy atom. The maximum absolute atomic E-state index is 13.8. The number of methoxy groups -OCH3 is 2. The second kappa shape index (κ2) is 10.9. The number of benzene rings is 1. The van der Waals surface area contributed by atoms with Gasteiger partial charge in [-0.15, -0.1) is 0 Å². The first-order valence-corrected chi connectivity index (χ1v) is 12.2. The van der Waals surface area contributed by atoms with E-state index in [1.165, 1.54) is 12.0 Å². The van der Waals surface area contributed by atoms with Crippen molar-refractivity contribution in [3.05, 3.63) is 29.3 Å². The minimum absolute atomic E-state index is 0.117. The third-order valence-electron chi connectivity index (χ3n) is 6.56. The highest BCUT2D eigenvalue weighted by Gasteiger charge is 2.46. The number of carbonyl (C=O) groups excluding carboxylic acids is 3. The number of guanidine groups is 1. The predicted octanol–water partition coefficient (Wildman–Crippen LogP) is 3.84. The summed E-state index contributed by atoms with van der Waals surface area (Å²) in [5, 5.41) is 2.74. The van der Waals surface area contributed by atoms with Crippen molar-refractivity contribution in [3.8, 4) is 5.75 Å². The Morgan fingerprint density at radius 2 is 1.92 bits per heavy atom. The minimum Gasteiger partial charge on any atom is -0.493 e. The van der Waals surface area contributed by atoms with Crippen molar-refractivity contribution in [2.24, 2.45) is 10.9 Å². The van der Waals surface area contributed by atoms with Crippen molar-refractivity contribution in [1.82, 2.24) is 10.2 Å². The van der Waals surface area contributed by atoms with Crippen molar-refractivity contribution >= 4 is 23.9 Å². The Hall–Kier alpha value is -3.14. The molecule has 2 heterocycles. The van der Waals surface area contributed by atoms with E-state index in [1.54, 1.807) is 46.1 Å². The molecule has 198 valence electrons. The van der Waals surface area contributed by atoms with Crippen LogP contribution in [0.25, 0.3) is 0 Å². The maximum atomic E-state index is 13.8. The molecule has 1 aromatic rings. The molecule has 2 aliphatic heterocycles. The average Bonchev–Trinajstić information content (AvgIpc) is 2.82. The molecule has 1 aromatic carbocycles. The van der Waals surface area contributed by atoms with Gasteiger partial charge in [-0.3, -0.25) is 15.0 Å². The number of fused-ring (bicyclic) bond motifs is 1. The van der Waals surface area contributed by atoms with E-state index in [4.69, 9.17) is 23.9 Å². The lowest BCUT2D eigenvalue weighted by atomic mass is 9.84. The molecular weight excluding hydrogens is 466 g/mol. The molecule has 0 aliphatic carbocycles. The van der Waals surface area contributed by atoms with Crippen molar-refractivity contribution in [2.75, 3.05) is 27.4 Å². The van der Waals surface area contributed by atoms with Crippen molar-refractivity contribution < 1.29 is 33.3 Å². The summed E-state index contributed by atoms with van der Waals surface area (Å²) in [5.41, 5.74) is -0.447. The first-order valence-electron chi connectivity index (χ1n) is 12.2. The number of nitrogens with one attached hydrogen (secondary N) is 1. The van der Waals surface area contributed by atoms with Gasteiger partial charge in [0.15, 0.2) is 0 Å². The van der Waals surface area contributed by atoms with Gasteiger partial charge in [-0.05, 0) is 51.8 Å². The Morgan fingerprint density at radius 1 is 1.22 bits per heavy atom. The molecule has 10 heteroatoms. The smallest absolute Gasteiger partial charge is 0.414 e. The highest BCUT2D eigenvalue weighted by molar-refractivity contribution is 6.05. The van der Waals surface area contributed by atoms with Crippen LogP contribution in [0.15, 0.2) is 23.2 Å². The second-order valence-electron chi connectivity index (χ2n) is 10.1. The summed E-state index contributed by atoms with van der Waals surface area (Å²) >= 11 is 0. The maximum Gasteiger partial charge on any atom is 0.414 e. The van der Waals surface area contributed by atoms with Crippen LogP contribution in [0.1, 0.15) is 75.8 Å². The highest BCUT2D eigenvalue weighted by atomic mass is 16.6. The molecule has 0 aromatic heterocycles. The van der Waals surface area contributed by atoms with E-state index >= 15 is 0 Å². The van der Waals surface area contributed by atoms with Crippen molar-refractivity contribution in [1.29, 1.82) is 0 Å². The van der Waals surface area contributed by atoms with Gasteiger partial charge in [0.1, 0.15) is 11.4 Å². The molecule has 36 heavy (non-hydrogen) atoms. The number of aliphatic imine (C=N–C) groups is 1. The van der Waals surface area contributed by atoms with E-state index in [1.807, 2.05) is 13.8 Å². The Bertz CT molecular complexity index is 1030. The first kappa shape index (κ1) is 27.4. The van der Waals surface area contributed by atoms with E-state index < -0.39 is 29.2 Å². The molecule has 2 atom stereocenters. The van der Waals surface area contributed by atoms with Gasteiger partial charge in [0.2, 0.25) is 11.9 Å². The zero-order valence-electron chi connectivity index (χ0n) is 22.2. The summed E-state index contributed by atoms with van der Waals surface area (Å²) in [7, 11) is 2.88. The number of nitrogens with zero attached hydrogens (tertiary/aromatic N) is 2. The van der Waals surface area contributed by atoms with Gasteiger partial charge in [0.05, 0.1) is 43.9 Å². The molecule has 2 amide bonds. The molecule has 0 bridgehead atoms. The lowest BCUT2D eigenvalue weighted by Gasteiger charge is -2.45. The van der Waals surface area contributed by atoms with Gasteiger partial charge < -0.3 is 18.9 Å². The minimum atomic E-state index is -0.736. The van der Waals surface area contributed by atoms with Crippen LogP contribution < -0.4 is 10.1 Å². The summed E-state index contributed by atoms with van der Waals surface area (Å²) in [6.07, 6.45) is 0.728. The summed E-state index contributed by atoms with van der Waals surface area (Å²) in [5.74, 6) is -0.339. The third-order valence-corrected chi connectivity index (χ3v) is 6.56. The van der Waals surface area contributed by atoms with Crippen LogP contribution in [-0.2, 0) is 19.0 Å². The number of alkyl carbamates (subject to hydrolysis) is 1. The molecule has 1 N–H and O–H groups in total. The van der Waals surface area contributed by atoms with Crippen LogP contribution in [0.4, 0.5) is 4.79 Å². The lowest BCUT2D eigenvalue weighted by Crippen LogP contribution is -2.58. The van der Waals surface area contributed by atoms with Gasteiger partial charge in [-0.1, -0.05) is 13.8 Å². The molecule has 0 unspecified atom stereocenters. The number of esters is 1. The first-order chi connectivity index (χ1) is 17.0. The standard InChI is InChI=1S/C26H37N3O7/c1-8-26(9-2)13-20(30)29(23(28-26)27-24(32)36-25(3,4)5)21-17(14-33-6)15-35-19-11-10-16(12-18(19)21)22(31)34-7/h10-12,17,21H,8-9,13-15H2,1-7H3,(H,27,28,32)/t17-,21-/m1/s1. The molecule has 10 nitrogen and oxygen atoms in total. The molecule has 0 radical (unpaired) electrons. The molecule has 0 saturated carbocycles. The normalized spacial score (nSPS) is 21.1. The topological polar surface area (TPSA) is 116 Å². The Balaban J connectivity index is 2.15. The summed E-state index contributed by atoms with van der Waals surface area (Å²) in [6.45, 7) is 9.79. The molecular formula is C26H37N3O7. The fourth-order valence-electron chi connectivity index (χ4n) is 4.63. The van der Waals surface area contributed by atoms with Gasteiger partial charge in [0, 0.05) is 18.6 Å². The van der Waals surface area contributed by atoms with Crippen LogP contribution in [0, 0.1) is 5.92 Å². The van der Waals surface area contributed by atoms with Crippen LogP contribution in [0.3, 0.4) is 0 Å². The van der Waals surface area contributed by atoms with Gasteiger partial charge in [0.25, 0.3) is 0 Å². The van der Waals surface area contributed by atoms with Crippen LogP contribution in [0.5, 0.6) is 5.75 Å². The predicted molar refractivity (Wildman–Crippen MR) is 133 cm³/mol. The van der Waals surface area contributed by atoms with E-state index in [2.05, 4.69) is 5.32 Å². The average molecular weight is 504 g/mol. The number of carbonyl (C=O) groups is 3. The quantitative estimate of drug-likeness (QED) is 0.587. The highest BCUT2D eigenvalue weighted by Crippen LogP contribution is 2.43. The van der Waals surface area contributed by atoms with Crippen molar-refractivity contribution in [2.45, 2.75) is 71.1 Å². The fraction of sp³-hybridized carbons (Fsp3) is 0.615. The van der Waals surface area contributed by atoms with E-state index in [-0.39, 0.29) is 37.4 Å². The zero-order valence-corrected chi connectivity index (χ0v) is 22.2. The van der Waals surface area contributed by atoms with Crippen LogP contribution in [0.2, 0.25) is 0 Å². The van der Waals surface area contributed by atoms with Gasteiger partial charge >= 0.3 is 12.1 Å². The lowest BCUT2D eigenvalue weighted by molar-refractivity contribution is -0.133. The molecule has 3 rings (SSSR count).